The van der Waals surface area contributed by atoms with Crippen LogP contribution in [0.4, 0.5) is 0 Å². The molecule has 0 spiro atoms. The van der Waals surface area contributed by atoms with Crippen molar-refractivity contribution in [3.63, 3.8) is 0 Å². The molecule has 0 aromatic heterocycles. The average molecular weight is 411 g/mol. The Bertz CT molecular complexity index is 727. The Hall–Kier alpha value is -1.72. The maximum atomic E-state index is 10.5. The molecule has 0 saturated carbocycles. The van der Waals surface area contributed by atoms with Gasteiger partial charge in [-0.1, -0.05) is 67.1 Å². The van der Waals surface area contributed by atoms with Gasteiger partial charge in [0.25, 0.3) is 0 Å². The van der Waals surface area contributed by atoms with Crippen LogP contribution in [0.5, 0.6) is 0 Å². The van der Waals surface area contributed by atoms with Gasteiger partial charge in [0, 0.05) is 19.0 Å². The van der Waals surface area contributed by atoms with Crippen LogP contribution in [-0.2, 0) is 12.8 Å². The van der Waals surface area contributed by atoms with Gasteiger partial charge in [-0.3, -0.25) is 4.90 Å². The molecule has 0 radical (unpaired) electrons. The van der Waals surface area contributed by atoms with Crippen LogP contribution in [0, 0.1) is 0 Å². The summed E-state index contributed by atoms with van der Waals surface area (Å²) in [7, 11) is 4.12. The Morgan fingerprint density at radius 3 is 2.07 bits per heavy atom. The average Bonchev–Trinajstić information content (AvgIpc) is 2.76. The summed E-state index contributed by atoms with van der Waals surface area (Å²) in [4.78, 5) is 4.37. The van der Waals surface area contributed by atoms with E-state index < -0.39 is 11.8 Å². The van der Waals surface area contributed by atoms with E-state index in [1.807, 2.05) is 42.3 Å². The second-order valence-electron chi connectivity index (χ2n) is 8.94. The lowest BCUT2D eigenvalue weighted by Crippen LogP contribution is -2.59. The monoisotopic (exact) mass is 410 g/mol. The molecule has 30 heavy (non-hydrogen) atoms. The number of likely N-dealkylation sites (N-methyl/N-ethyl adjacent to an activating group) is 2. The van der Waals surface area contributed by atoms with Crippen molar-refractivity contribution < 1.29 is 10.2 Å². The van der Waals surface area contributed by atoms with Crippen molar-refractivity contribution in [3.8, 4) is 0 Å². The third-order valence-electron chi connectivity index (χ3n) is 6.71. The fourth-order valence-corrected chi connectivity index (χ4v) is 4.64. The van der Waals surface area contributed by atoms with E-state index in [1.165, 1.54) is 37.8 Å². The van der Waals surface area contributed by atoms with Crippen molar-refractivity contribution in [2.45, 2.75) is 62.8 Å². The number of aliphatic hydroxyl groups is 2. The summed E-state index contributed by atoms with van der Waals surface area (Å²) in [6.07, 6.45) is 6.80. The Labute approximate surface area is 182 Å². The molecule has 2 aliphatic heterocycles. The predicted molar refractivity (Wildman–Crippen MR) is 123 cm³/mol. The molecular weight excluding hydrogens is 372 g/mol. The first kappa shape index (κ1) is 23.0. The molecule has 2 fully saturated rings. The number of hydrogen-bond donors (Lipinski definition) is 2. The van der Waals surface area contributed by atoms with E-state index >= 15 is 0 Å². The molecule has 2 aliphatic rings. The van der Waals surface area contributed by atoms with Gasteiger partial charge in [0.2, 0.25) is 0 Å². The first-order valence-electron chi connectivity index (χ1n) is 11.4. The van der Waals surface area contributed by atoms with Gasteiger partial charge < -0.3 is 15.1 Å². The van der Waals surface area contributed by atoms with Crippen molar-refractivity contribution >= 4 is 0 Å². The highest BCUT2D eigenvalue weighted by molar-refractivity contribution is 5.18. The van der Waals surface area contributed by atoms with E-state index in [-0.39, 0.29) is 0 Å². The summed E-state index contributed by atoms with van der Waals surface area (Å²) in [6.45, 7) is 2.11. The van der Waals surface area contributed by atoms with Crippen LogP contribution < -0.4 is 0 Å². The molecule has 0 amide bonds. The van der Waals surface area contributed by atoms with Crippen LogP contribution in [-0.4, -0.2) is 65.1 Å². The van der Waals surface area contributed by atoms with Crippen LogP contribution in [0.15, 0.2) is 60.7 Å². The lowest BCUT2D eigenvalue weighted by molar-refractivity contribution is -0.189. The minimum Gasteiger partial charge on any atom is -0.389 e. The van der Waals surface area contributed by atoms with Gasteiger partial charge in [-0.2, -0.15) is 0 Å². The molecule has 4 heteroatoms. The van der Waals surface area contributed by atoms with Crippen molar-refractivity contribution in [1.82, 2.24) is 9.80 Å². The number of nitrogens with zero attached hydrogens (tertiary/aromatic N) is 2. The third kappa shape index (κ3) is 6.14. The van der Waals surface area contributed by atoms with Crippen LogP contribution in [0.2, 0.25) is 0 Å². The van der Waals surface area contributed by atoms with Crippen LogP contribution in [0.1, 0.15) is 43.2 Å². The third-order valence-corrected chi connectivity index (χ3v) is 6.71. The maximum Gasteiger partial charge on any atom is 0.148 e. The van der Waals surface area contributed by atoms with Crippen LogP contribution >= 0.6 is 0 Å². The quantitative estimate of drug-likeness (QED) is 0.807. The highest BCUT2D eigenvalue weighted by Crippen LogP contribution is 2.28. The summed E-state index contributed by atoms with van der Waals surface area (Å²) in [5.41, 5.74) is 1.42. The zero-order chi connectivity index (χ0) is 21.4. The lowest BCUT2D eigenvalue weighted by Gasteiger charge is -2.44. The Morgan fingerprint density at radius 2 is 1.47 bits per heavy atom. The molecule has 4 nitrogen and oxygen atoms in total. The Balaban J connectivity index is 0.000000172. The van der Waals surface area contributed by atoms with Gasteiger partial charge in [0.1, 0.15) is 5.72 Å². The van der Waals surface area contributed by atoms with Crippen LogP contribution in [0.3, 0.4) is 0 Å². The summed E-state index contributed by atoms with van der Waals surface area (Å²) in [5, 5.41) is 20.5. The minimum atomic E-state index is -1.11. The normalized spacial score (nSPS) is 27.9. The summed E-state index contributed by atoms with van der Waals surface area (Å²) in [6, 6.07) is 21.4. The van der Waals surface area contributed by atoms with E-state index in [2.05, 4.69) is 42.3 Å². The predicted octanol–water partition coefficient (Wildman–Crippen LogP) is 3.72. The number of piperidine rings is 2. The van der Waals surface area contributed by atoms with Crippen molar-refractivity contribution in [2.24, 2.45) is 0 Å². The van der Waals surface area contributed by atoms with Gasteiger partial charge in [0.15, 0.2) is 0 Å². The molecule has 2 aromatic rings. The van der Waals surface area contributed by atoms with Crippen LogP contribution in [0.25, 0.3) is 0 Å². The van der Waals surface area contributed by atoms with Gasteiger partial charge >= 0.3 is 0 Å². The number of benzene rings is 2. The first-order valence-corrected chi connectivity index (χ1v) is 11.4. The molecule has 2 N–H and O–H groups in total. The molecule has 4 rings (SSSR count). The largest absolute Gasteiger partial charge is 0.389 e. The molecule has 3 unspecified atom stereocenters. The van der Waals surface area contributed by atoms with Crippen molar-refractivity contribution in [3.05, 3.63) is 71.8 Å². The zero-order valence-electron chi connectivity index (χ0n) is 18.6. The number of likely N-dealkylation sites (tertiary alicyclic amines) is 2. The topological polar surface area (TPSA) is 46.9 Å². The SMILES string of the molecule is CN1CCCC(O)C1(O)Cc1ccccc1.CN1CCCCC1Cc1ccccc1. The molecule has 2 saturated heterocycles. The molecule has 0 aliphatic carbocycles. The second kappa shape index (κ2) is 11.1. The first-order chi connectivity index (χ1) is 14.5. The van der Waals surface area contributed by atoms with Gasteiger partial charge in [0.05, 0.1) is 6.10 Å². The minimum absolute atomic E-state index is 0.478. The maximum absolute atomic E-state index is 10.5. The zero-order valence-corrected chi connectivity index (χ0v) is 18.6. The smallest absolute Gasteiger partial charge is 0.148 e. The molecule has 0 bridgehead atoms. The van der Waals surface area contributed by atoms with E-state index in [1.54, 1.807) is 0 Å². The molecule has 164 valence electrons. The van der Waals surface area contributed by atoms with Crippen molar-refractivity contribution in [2.75, 3.05) is 27.2 Å². The second-order valence-corrected chi connectivity index (χ2v) is 8.94. The fraction of sp³-hybridized carbons (Fsp3) is 0.538. The summed E-state index contributed by atoms with van der Waals surface area (Å²) in [5.74, 6) is 0. The summed E-state index contributed by atoms with van der Waals surface area (Å²) < 4.78 is 0. The molecule has 3 atom stereocenters. The van der Waals surface area contributed by atoms with E-state index in [9.17, 15) is 10.2 Å². The highest BCUT2D eigenvalue weighted by Gasteiger charge is 2.42. The van der Waals surface area contributed by atoms with E-state index in [0.29, 0.717) is 12.8 Å². The molecule has 2 heterocycles. The Kier molecular flexibility index (Phi) is 8.46. The lowest BCUT2D eigenvalue weighted by atomic mass is 9.89. The standard InChI is InChI=1S/C13H19NO2.C13H19N/c1-14-9-5-8-12(15)13(14,16)10-11-6-3-2-4-7-11;1-14-10-6-5-9-13(14)11-12-7-3-2-4-8-12/h2-4,6-7,12,15-16H,5,8-10H2,1H3;2-4,7-8,13H,5-6,9-11H2,1H3. The fourth-order valence-electron chi connectivity index (χ4n) is 4.64. The van der Waals surface area contributed by atoms with Gasteiger partial charge in [-0.15, -0.1) is 0 Å². The van der Waals surface area contributed by atoms with Crippen molar-refractivity contribution in [1.29, 1.82) is 0 Å². The molecule has 2 aromatic carbocycles. The Morgan fingerprint density at radius 1 is 0.833 bits per heavy atom. The number of rotatable bonds is 4. The van der Waals surface area contributed by atoms with E-state index in [0.717, 1.165) is 24.6 Å². The number of hydrogen-bond acceptors (Lipinski definition) is 4. The van der Waals surface area contributed by atoms with E-state index in [4.69, 9.17) is 0 Å². The highest BCUT2D eigenvalue weighted by atomic mass is 16.4. The summed E-state index contributed by atoms with van der Waals surface area (Å²) >= 11 is 0. The van der Waals surface area contributed by atoms with Gasteiger partial charge in [-0.05, 0) is 63.9 Å². The van der Waals surface area contributed by atoms with Gasteiger partial charge in [-0.25, -0.2) is 0 Å². The molecular formula is C26H38N2O2. The number of aliphatic hydroxyl groups excluding tert-OH is 1.